The van der Waals surface area contributed by atoms with Crippen molar-refractivity contribution in [3.05, 3.63) is 120 Å². The number of furan rings is 1. The Morgan fingerprint density at radius 3 is 2.26 bits per heavy atom. The van der Waals surface area contributed by atoms with Crippen LogP contribution >= 0.6 is 0 Å². The Morgan fingerprint density at radius 2 is 1.55 bits per heavy atom. The van der Waals surface area contributed by atoms with Crippen molar-refractivity contribution in [1.29, 1.82) is 0 Å². The monoisotopic (exact) mass is 675 g/mol. The van der Waals surface area contributed by atoms with E-state index in [9.17, 15) is 0 Å². The van der Waals surface area contributed by atoms with Crippen LogP contribution in [-0.4, -0.2) is 9.97 Å². The molecule has 193 valence electrons. The van der Waals surface area contributed by atoms with E-state index in [1.807, 2.05) is 42.6 Å². The van der Waals surface area contributed by atoms with Crippen LogP contribution in [0.2, 0.25) is 0 Å². The summed E-state index contributed by atoms with van der Waals surface area (Å²) in [4.78, 5) is 8.83. The molecule has 0 aliphatic carbocycles. The molecule has 3 aromatic heterocycles. The smallest absolute Gasteiger partial charge is 0.120 e. The first-order chi connectivity index (χ1) is 17.9. The zero-order chi connectivity index (χ0) is 25.9. The van der Waals surface area contributed by atoms with Crippen LogP contribution in [0.4, 0.5) is 0 Å². The Kier molecular flexibility index (Phi) is 8.56. The van der Waals surface area contributed by atoms with Gasteiger partial charge in [0.05, 0.1) is 5.58 Å². The van der Waals surface area contributed by atoms with Gasteiger partial charge in [-0.1, -0.05) is 74.0 Å². The Balaban J connectivity index is 0.000000204. The number of hydrogen-bond acceptors (Lipinski definition) is 3. The average molecular weight is 675 g/mol. The van der Waals surface area contributed by atoms with Gasteiger partial charge in [0.25, 0.3) is 0 Å². The fourth-order valence-corrected chi connectivity index (χ4v) is 4.37. The number of fused-ring (bicyclic) bond motifs is 3. The third-order valence-corrected chi connectivity index (χ3v) is 6.41. The Labute approximate surface area is 238 Å². The van der Waals surface area contributed by atoms with Crippen LogP contribution < -0.4 is 0 Å². The van der Waals surface area contributed by atoms with Crippen molar-refractivity contribution in [2.24, 2.45) is 0 Å². The summed E-state index contributed by atoms with van der Waals surface area (Å²) in [5.74, 6) is 0.463. The molecule has 3 nitrogen and oxygen atoms in total. The summed E-state index contributed by atoms with van der Waals surface area (Å²) in [6.07, 6.45) is 3.67. The maximum absolute atomic E-state index is 6.18. The van der Waals surface area contributed by atoms with Crippen molar-refractivity contribution in [2.75, 3.05) is 0 Å². The molecule has 3 aromatic carbocycles. The van der Waals surface area contributed by atoms with E-state index in [0.29, 0.717) is 5.92 Å². The van der Waals surface area contributed by atoms with Gasteiger partial charge in [-0.25, -0.2) is 0 Å². The first kappa shape index (κ1) is 27.4. The summed E-state index contributed by atoms with van der Waals surface area (Å²) in [5, 5.41) is 2.29. The summed E-state index contributed by atoms with van der Waals surface area (Å²) in [6, 6.07) is 31.3. The van der Waals surface area contributed by atoms with E-state index in [1.165, 1.54) is 16.7 Å². The van der Waals surface area contributed by atoms with Crippen molar-refractivity contribution in [3.8, 4) is 22.5 Å². The van der Waals surface area contributed by atoms with E-state index < -0.39 is 0 Å². The van der Waals surface area contributed by atoms with Crippen LogP contribution in [0.5, 0.6) is 0 Å². The second-order valence-corrected chi connectivity index (χ2v) is 9.80. The van der Waals surface area contributed by atoms with Crippen molar-refractivity contribution in [3.63, 3.8) is 0 Å². The van der Waals surface area contributed by atoms with Crippen molar-refractivity contribution < 1.29 is 24.5 Å². The average Bonchev–Trinajstić information content (AvgIpc) is 3.27. The van der Waals surface area contributed by atoms with Gasteiger partial charge in [-0.2, -0.15) is 0 Å². The third kappa shape index (κ3) is 5.93. The van der Waals surface area contributed by atoms with Crippen LogP contribution in [0.1, 0.15) is 42.0 Å². The quantitative estimate of drug-likeness (QED) is 0.176. The van der Waals surface area contributed by atoms with Gasteiger partial charge in [0.15, 0.2) is 0 Å². The molecule has 0 aliphatic heterocycles. The molecule has 0 saturated carbocycles. The number of aryl methyl sites for hydroxylation is 3. The SMILES string of the molecule is Cc1[c-]c(-c2cc(C(C)C)ccn2)c2oc3ccc(C)cc3c2c1.Cc1c[c-]c(-c2ccccn2)cc1.[Ir]. The zero-order valence-corrected chi connectivity index (χ0v) is 24.7. The molecule has 0 spiro atoms. The van der Waals surface area contributed by atoms with E-state index in [1.54, 1.807) is 6.20 Å². The van der Waals surface area contributed by atoms with Crippen molar-refractivity contribution in [1.82, 2.24) is 9.97 Å². The molecule has 1 radical (unpaired) electrons. The largest absolute Gasteiger partial charge is 0.501 e. The van der Waals surface area contributed by atoms with Crippen LogP contribution in [0.15, 0.2) is 89.6 Å². The number of pyridine rings is 2. The topological polar surface area (TPSA) is 38.9 Å². The molecule has 0 aliphatic rings. The van der Waals surface area contributed by atoms with Gasteiger partial charge in [-0.3, -0.25) is 0 Å². The molecular weight excluding hydrogens is 645 g/mol. The van der Waals surface area contributed by atoms with Crippen LogP contribution in [-0.2, 0) is 20.1 Å². The second-order valence-electron chi connectivity index (χ2n) is 9.80. The molecule has 0 unspecified atom stereocenters. The molecule has 0 atom stereocenters. The fraction of sp³-hybridized carbons (Fsp3) is 0.176. The number of nitrogens with zero attached hydrogens (tertiary/aromatic N) is 2. The second kappa shape index (κ2) is 11.9. The van der Waals surface area contributed by atoms with Crippen molar-refractivity contribution in [2.45, 2.75) is 40.5 Å². The predicted octanol–water partition coefficient (Wildman–Crippen LogP) is 9.04. The van der Waals surface area contributed by atoms with E-state index in [4.69, 9.17) is 4.42 Å². The molecule has 0 N–H and O–H groups in total. The normalized spacial score (nSPS) is 10.8. The van der Waals surface area contributed by atoms with Gasteiger partial charge in [-0.05, 0) is 48.5 Å². The van der Waals surface area contributed by atoms with Gasteiger partial charge in [0, 0.05) is 37.9 Å². The summed E-state index contributed by atoms with van der Waals surface area (Å²) >= 11 is 0. The maximum atomic E-state index is 6.18. The molecular formula is C34H30IrN2O-2. The van der Waals surface area contributed by atoms with Gasteiger partial charge < -0.3 is 14.4 Å². The van der Waals surface area contributed by atoms with Crippen molar-refractivity contribution >= 4 is 21.9 Å². The summed E-state index contributed by atoms with van der Waals surface area (Å²) in [6.45, 7) is 10.6. The summed E-state index contributed by atoms with van der Waals surface area (Å²) in [7, 11) is 0. The van der Waals surface area contributed by atoms with Gasteiger partial charge in [0.2, 0.25) is 0 Å². The molecule has 0 amide bonds. The van der Waals surface area contributed by atoms with Crippen LogP contribution in [0.3, 0.4) is 0 Å². The van der Waals surface area contributed by atoms with Crippen LogP contribution in [0, 0.1) is 32.9 Å². The number of benzene rings is 3. The Bertz CT molecular complexity index is 1670. The number of rotatable bonds is 3. The maximum Gasteiger partial charge on any atom is 0.120 e. The van der Waals surface area contributed by atoms with E-state index in [2.05, 4.69) is 93.1 Å². The van der Waals surface area contributed by atoms with E-state index in [0.717, 1.165) is 50.0 Å². The van der Waals surface area contributed by atoms with E-state index in [-0.39, 0.29) is 20.1 Å². The molecule has 6 aromatic rings. The van der Waals surface area contributed by atoms with E-state index >= 15 is 0 Å². The van der Waals surface area contributed by atoms with Gasteiger partial charge in [-0.15, -0.1) is 53.1 Å². The molecule has 0 saturated heterocycles. The molecule has 0 fully saturated rings. The first-order valence-electron chi connectivity index (χ1n) is 12.6. The summed E-state index contributed by atoms with van der Waals surface area (Å²) in [5.41, 5.74) is 10.5. The Morgan fingerprint density at radius 1 is 0.763 bits per heavy atom. The molecule has 0 bridgehead atoms. The number of hydrogen-bond donors (Lipinski definition) is 0. The van der Waals surface area contributed by atoms with Crippen LogP contribution in [0.25, 0.3) is 44.5 Å². The van der Waals surface area contributed by atoms with Gasteiger partial charge >= 0.3 is 0 Å². The molecule has 3 heterocycles. The fourth-order valence-electron chi connectivity index (χ4n) is 4.37. The standard InChI is InChI=1S/C22H20NO.C12H10N.Ir/c1-13(2)16-7-8-23-20(12-16)19-11-15(4)10-18-17-9-14(3)5-6-21(17)24-22(18)19;1-10-5-7-11(8-6-10)12-4-2-3-9-13-12;/h5-10,12-13H,1-4H3;2-7,9H,1H3;/q2*-1;. The minimum absolute atomic E-state index is 0. The molecule has 38 heavy (non-hydrogen) atoms. The minimum Gasteiger partial charge on any atom is -0.501 e. The predicted molar refractivity (Wildman–Crippen MR) is 153 cm³/mol. The number of aromatic nitrogens is 2. The third-order valence-electron chi connectivity index (χ3n) is 6.41. The Hall–Kier alpha value is -3.59. The summed E-state index contributed by atoms with van der Waals surface area (Å²) < 4.78 is 6.18. The van der Waals surface area contributed by atoms with Gasteiger partial charge in [0.1, 0.15) is 5.58 Å². The molecule has 4 heteroatoms. The molecule has 6 rings (SSSR count). The minimum atomic E-state index is 0. The first-order valence-corrected chi connectivity index (χ1v) is 12.6. The zero-order valence-electron chi connectivity index (χ0n) is 22.3.